The summed E-state index contributed by atoms with van der Waals surface area (Å²) >= 11 is 0. The third kappa shape index (κ3) is 3.17. The molecular formula is C17H9FN2O2. The number of aromatic carboxylic acids is 1. The van der Waals surface area contributed by atoms with Crippen molar-refractivity contribution in [1.82, 2.24) is 0 Å². The van der Waals surface area contributed by atoms with Crippen LogP contribution in [0.15, 0.2) is 48.0 Å². The average molecular weight is 292 g/mol. The third-order valence-electron chi connectivity index (χ3n) is 2.99. The Bertz CT molecular complexity index is 824. The van der Waals surface area contributed by atoms with Crippen molar-refractivity contribution in [2.45, 2.75) is 0 Å². The van der Waals surface area contributed by atoms with Crippen LogP contribution in [0.5, 0.6) is 0 Å². The van der Waals surface area contributed by atoms with Crippen molar-refractivity contribution >= 4 is 12.0 Å². The maximum Gasteiger partial charge on any atom is 0.335 e. The molecule has 0 aliphatic rings. The first-order valence-electron chi connectivity index (χ1n) is 6.20. The van der Waals surface area contributed by atoms with Gasteiger partial charge in [-0.3, -0.25) is 0 Å². The van der Waals surface area contributed by atoms with Crippen LogP contribution in [0.3, 0.4) is 0 Å². The fourth-order valence-electron chi connectivity index (χ4n) is 1.90. The summed E-state index contributed by atoms with van der Waals surface area (Å²) in [7, 11) is 0. The monoisotopic (exact) mass is 292 g/mol. The molecule has 0 aliphatic heterocycles. The molecule has 0 fully saturated rings. The molecule has 0 radical (unpaired) electrons. The smallest absolute Gasteiger partial charge is 0.335 e. The molecule has 22 heavy (non-hydrogen) atoms. The van der Waals surface area contributed by atoms with Gasteiger partial charge in [-0.05, 0) is 29.3 Å². The standard InChI is InChI=1S/C17H9FN2O2/c18-16-8-14(17(21)22)5-6-15(16)13-3-1-11(2-4-13)7-12(9-19)10-20/h1-8H,(H,21,22). The van der Waals surface area contributed by atoms with Crippen molar-refractivity contribution < 1.29 is 14.3 Å². The highest BCUT2D eigenvalue weighted by Gasteiger charge is 2.09. The number of halogens is 1. The van der Waals surface area contributed by atoms with E-state index in [9.17, 15) is 9.18 Å². The lowest BCUT2D eigenvalue weighted by Gasteiger charge is -2.05. The first-order chi connectivity index (χ1) is 10.5. The van der Waals surface area contributed by atoms with Crippen molar-refractivity contribution in [2.75, 3.05) is 0 Å². The molecule has 106 valence electrons. The van der Waals surface area contributed by atoms with Crippen LogP contribution < -0.4 is 0 Å². The minimum atomic E-state index is -1.19. The Morgan fingerprint density at radius 3 is 2.23 bits per heavy atom. The number of hydrogen-bond donors (Lipinski definition) is 1. The van der Waals surface area contributed by atoms with Gasteiger partial charge in [0.2, 0.25) is 0 Å². The lowest BCUT2D eigenvalue weighted by atomic mass is 10.0. The molecule has 5 heteroatoms. The van der Waals surface area contributed by atoms with Gasteiger partial charge in [-0.15, -0.1) is 0 Å². The minimum absolute atomic E-state index is 0.0234. The van der Waals surface area contributed by atoms with E-state index in [4.69, 9.17) is 15.6 Å². The van der Waals surface area contributed by atoms with E-state index in [1.807, 2.05) is 0 Å². The van der Waals surface area contributed by atoms with Crippen LogP contribution in [0, 0.1) is 28.5 Å². The van der Waals surface area contributed by atoms with Crippen LogP contribution in [0.1, 0.15) is 15.9 Å². The summed E-state index contributed by atoms with van der Waals surface area (Å²) in [6.07, 6.45) is 1.42. The molecule has 0 amide bonds. The highest BCUT2D eigenvalue weighted by Crippen LogP contribution is 2.24. The molecule has 2 aromatic carbocycles. The molecule has 0 spiro atoms. The number of hydrogen-bond acceptors (Lipinski definition) is 3. The van der Waals surface area contributed by atoms with E-state index in [0.717, 1.165) is 6.07 Å². The normalized spacial score (nSPS) is 9.41. The van der Waals surface area contributed by atoms with E-state index < -0.39 is 11.8 Å². The summed E-state index contributed by atoms with van der Waals surface area (Å²) in [4.78, 5) is 10.8. The number of benzene rings is 2. The van der Waals surface area contributed by atoms with Gasteiger partial charge >= 0.3 is 5.97 Å². The maximum absolute atomic E-state index is 14.0. The van der Waals surface area contributed by atoms with Gasteiger partial charge in [0, 0.05) is 5.56 Å². The van der Waals surface area contributed by atoms with E-state index in [1.165, 1.54) is 18.2 Å². The summed E-state index contributed by atoms with van der Waals surface area (Å²) in [5, 5.41) is 26.2. The van der Waals surface area contributed by atoms with Crippen LogP contribution in [-0.4, -0.2) is 11.1 Å². The molecule has 1 N–H and O–H groups in total. The second kappa shape index (κ2) is 6.34. The summed E-state index contributed by atoms with van der Waals surface area (Å²) < 4.78 is 14.0. The van der Waals surface area contributed by atoms with Crippen molar-refractivity contribution in [3.63, 3.8) is 0 Å². The second-order valence-electron chi connectivity index (χ2n) is 4.40. The Labute approximate surface area is 126 Å². The molecule has 2 rings (SSSR count). The van der Waals surface area contributed by atoms with Gasteiger partial charge in [-0.1, -0.05) is 30.3 Å². The highest BCUT2D eigenvalue weighted by molar-refractivity contribution is 5.88. The van der Waals surface area contributed by atoms with Crippen molar-refractivity contribution in [2.24, 2.45) is 0 Å². The first kappa shape index (κ1) is 15.0. The van der Waals surface area contributed by atoms with Crippen molar-refractivity contribution in [1.29, 1.82) is 10.5 Å². The van der Waals surface area contributed by atoms with E-state index >= 15 is 0 Å². The Balaban J connectivity index is 2.36. The number of nitrogens with zero attached hydrogens (tertiary/aromatic N) is 2. The van der Waals surface area contributed by atoms with Gasteiger partial charge in [0.05, 0.1) is 5.56 Å². The minimum Gasteiger partial charge on any atom is -0.478 e. The maximum atomic E-state index is 14.0. The molecule has 0 saturated carbocycles. The lowest BCUT2D eigenvalue weighted by Crippen LogP contribution is -1.97. The summed E-state index contributed by atoms with van der Waals surface area (Å²) in [5.74, 6) is -1.82. The highest BCUT2D eigenvalue weighted by atomic mass is 19.1. The fourth-order valence-corrected chi connectivity index (χ4v) is 1.90. The van der Waals surface area contributed by atoms with Gasteiger partial charge in [0.1, 0.15) is 23.5 Å². The molecule has 0 saturated heterocycles. The van der Waals surface area contributed by atoms with Crippen LogP contribution >= 0.6 is 0 Å². The topological polar surface area (TPSA) is 84.9 Å². The van der Waals surface area contributed by atoms with E-state index in [-0.39, 0.29) is 16.7 Å². The largest absolute Gasteiger partial charge is 0.478 e. The van der Waals surface area contributed by atoms with E-state index in [2.05, 4.69) is 0 Å². The van der Waals surface area contributed by atoms with Gasteiger partial charge in [-0.25, -0.2) is 9.18 Å². The number of rotatable bonds is 3. The molecular weight excluding hydrogens is 283 g/mol. The van der Waals surface area contributed by atoms with Crippen LogP contribution in [0.25, 0.3) is 17.2 Å². The Kier molecular flexibility index (Phi) is 4.31. The van der Waals surface area contributed by atoms with Crippen molar-refractivity contribution in [3.05, 3.63) is 65.0 Å². The molecule has 0 atom stereocenters. The quantitative estimate of drug-likeness (QED) is 0.875. The first-order valence-corrected chi connectivity index (χ1v) is 6.20. The molecule has 0 bridgehead atoms. The second-order valence-corrected chi connectivity index (χ2v) is 4.40. The van der Waals surface area contributed by atoms with Gasteiger partial charge < -0.3 is 5.11 Å². The Morgan fingerprint density at radius 2 is 1.73 bits per heavy atom. The SMILES string of the molecule is N#CC(C#N)=Cc1ccc(-c2ccc(C(=O)O)cc2F)cc1. The van der Waals surface area contributed by atoms with Crippen LogP contribution in [0.4, 0.5) is 4.39 Å². The number of carboxylic acid groups (broad SMARTS) is 1. The zero-order chi connectivity index (χ0) is 16.1. The zero-order valence-electron chi connectivity index (χ0n) is 11.2. The van der Waals surface area contributed by atoms with Crippen LogP contribution in [-0.2, 0) is 0 Å². The molecule has 0 aromatic heterocycles. The average Bonchev–Trinajstić information content (AvgIpc) is 2.53. The van der Waals surface area contributed by atoms with Crippen molar-refractivity contribution in [3.8, 4) is 23.3 Å². The summed E-state index contributed by atoms with van der Waals surface area (Å²) in [6.45, 7) is 0. The predicted molar refractivity (Wildman–Crippen MR) is 78.0 cm³/mol. The zero-order valence-corrected chi connectivity index (χ0v) is 11.2. The summed E-state index contributed by atoms with van der Waals surface area (Å²) in [6, 6.07) is 13.8. The van der Waals surface area contributed by atoms with Crippen LogP contribution in [0.2, 0.25) is 0 Å². The number of carbonyl (C=O) groups is 1. The molecule has 4 nitrogen and oxygen atoms in total. The summed E-state index contributed by atoms with van der Waals surface area (Å²) in [5.41, 5.74) is 1.35. The molecule has 2 aromatic rings. The Hall–Kier alpha value is -3.44. The van der Waals surface area contributed by atoms with E-state index in [1.54, 1.807) is 36.4 Å². The van der Waals surface area contributed by atoms with Gasteiger partial charge in [0.15, 0.2) is 0 Å². The molecule has 0 aliphatic carbocycles. The predicted octanol–water partition coefficient (Wildman–Crippen LogP) is 3.62. The lowest BCUT2D eigenvalue weighted by molar-refractivity contribution is 0.0696. The number of nitriles is 2. The van der Waals surface area contributed by atoms with Gasteiger partial charge in [0.25, 0.3) is 0 Å². The van der Waals surface area contributed by atoms with Gasteiger partial charge in [-0.2, -0.15) is 10.5 Å². The fraction of sp³-hybridized carbons (Fsp3) is 0. The third-order valence-corrected chi connectivity index (χ3v) is 2.99. The number of carboxylic acids is 1. The number of allylic oxidation sites excluding steroid dienone is 1. The molecule has 0 heterocycles. The molecule has 0 unspecified atom stereocenters. The van der Waals surface area contributed by atoms with E-state index in [0.29, 0.717) is 11.1 Å². The Morgan fingerprint density at radius 1 is 1.09 bits per heavy atom.